The highest BCUT2D eigenvalue weighted by molar-refractivity contribution is 9.10. The molecule has 0 aliphatic rings. The van der Waals surface area contributed by atoms with Crippen molar-refractivity contribution in [2.75, 3.05) is 7.05 Å². The largest absolute Gasteiger partial charge is 0.314 e. The lowest BCUT2D eigenvalue weighted by molar-refractivity contribution is 0.555. The van der Waals surface area contributed by atoms with E-state index < -0.39 is 0 Å². The molecule has 2 heterocycles. The number of hydrogen-bond donors (Lipinski definition) is 1. The minimum atomic E-state index is 0.735. The predicted molar refractivity (Wildman–Crippen MR) is 74.4 cm³/mol. The lowest BCUT2D eigenvalue weighted by atomic mass is 10.3. The predicted octanol–water partition coefficient (Wildman–Crippen LogP) is 1.94. The third-order valence-corrected chi connectivity index (χ3v) is 3.95. The highest BCUT2D eigenvalue weighted by atomic mass is 79.9. The molecule has 2 aromatic rings. The van der Waals surface area contributed by atoms with E-state index in [1.54, 1.807) is 0 Å². The van der Waals surface area contributed by atoms with Crippen LogP contribution in [0.4, 0.5) is 0 Å². The lowest BCUT2D eigenvalue weighted by Crippen LogP contribution is -2.15. The SMILES string of the molecule is CCn1nc(C)c(Br)c1Cn1nccc1CNC. The molecule has 0 aliphatic carbocycles. The monoisotopic (exact) mass is 311 g/mol. The topological polar surface area (TPSA) is 47.7 Å². The van der Waals surface area contributed by atoms with Gasteiger partial charge in [0.05, 0.1) is 28.1 Å². The van der Waals surface area contributed by atoms with Gasteiger partial charge in [0.15, 0.2) is 0 Å². The molecule has 0 unspecified atom stereocenters. The molecule has 5 nitrogen and oxygen atoms in total. The second-order valence-corrected chi connectivity index (χ2v) is 4.97. The average molecular weight is 312 g/mol. The summed E-state index contributed by atoms with van der Waals surface area (Å²) in [5.74, 6) is 0. The molecule has 0 spiro atoms. The first-order valence-corrected chi connectivity index (χ1v) is 6.83. The Kier molecular flexibility index (Phi) is 4.19. The van der Waals surface area contributed by atoms with Crippen molar-refractivity contribution in [1.82, 2.24) is 24.9 Å². The summed E-state index contributed by atoms with van der Waals surface area (Å²) in [5.41, 5.74) is 3.36. The molecule has 2 rings (SSSR count). The Morgan fingerprint density at radius 1 is 1.39 bits per heavy atom. The highest BCUT2D eigenvalue weighted by Crippen LogP contribution is 2.22. The number of rotatable bonds is 5. The third kappa shape index (κ3) is 2.49. The Labute approximate surface area is 115 Å². The van der Waals surface area contributed by atoms with Crippen LogP contribution >= 0.6 is 15.9 Å². The van der Waals surface area contributed by atoms with Crippen LogP contribution < -0.4 is 5.32 Å². The molecule has 2 aromatic heterocycles. The summed E-state index contributed by atoms with van der Waals surface area (Å²) < 4.78 is 5.10. The zero-order chi connectivity index (χ0) is 13.1. The molecule has 0 amide bonds. The van der Waals surface area contributed by atoms with Crippen molar-refractivity contribution < 1.29 is 0 Å². The summed E-state index contributed by atoms with van der Waals surface area (Å²) in [7, 11) is 1.94. The van der Waals surface area contributed by atoms with Crippen LogP contribution in [0, 0.1) is 6.92 Å². The minimum Gasteiger partial charge on any atom is -0.314 e. The van der Waals surface area contributed by atoms with Crippen LogP contribution in [0.15, 0.2) is 16.7 Å². The van der Waals surface area contributed by atoms with Gasteiger partial charge in [-0.25, -0.2) is 0 Å². The number of nitrogens with one attached hydrogen (secondary N) is 1. The minimum absolute atomic E-state index is 0.735. The summed E-state index contributed by atoms with van der Waals surface area (Å²) >= 11 is 3.61. The first-order chi connectivity index (χ1) is 8.67. The molecule has 0 atom stereocenters. The van der Waals surface area contributed by atoms with Crippen LogP contribution in [0.25, 0.3) is 0 Å². The van der Waals surface area contributed by atoms with Crippen molar-refractivity contribution in [3.8, 4) is 0 Å². The van der Waals surface area contributed by atoms with Gasteiger partial charge in [0.2, 0.25) is 0 Å². The maximum Gasteiger partial charge on any atom is 0.0843 e. The Morgan fingerprint density at radius 3 is 2.83 bits per heavy atom. The van der Waals surface area contributed by atoms with E-state index in [-0.39, 0.29) is 0 Å². The van der Waals surface area contributed by atoms with Crippen LogP contribution in [0.2, 0.25) is 0 Å². The smallest absolute Gasteiger partial charge is 0.0843 e. The molecule has 0 aliphatic heterocycles. The first-order valence-electron chi connectivity index (χ1n) is 6.04. The second kappa shape index (κ2) is 5.67. The van der Waals surface area contributed by atoms with Crippen molar-refractivity contribution in [1.29, 1.82) is 0 Å². The van der Waals surface area contributed by atoms with Crippen LogP contribution in [0.3, 0.4) is 0 Å². The van der Waals surface area contributed by atoms with Crippen LogP contribution in [0.5, 0.6) is 0 Å². The molecule has 0 radical (unpaired) electrons. The van der Waals surface area contributed by atoms with Crippen molar-refractivity contribution in [2.24, 2.45) is 0 Å². The van der Waals surface area contributed by atoms with Gasteiger partial charge >= 0.3 is 0 Å². The second-order valence-electron chi connectivity index (χ2n) is 4.17. The van der Waals surface area contributed by atoms with Gasteiger partial charge in [-0.2, -0.15) is 10.2 Å². The van der Waals surface area contributed by atoms with E-state index >= 15 is 0 Å². The van der Waals surface area contributed by atoms with E-state index in [2.05, 4.69) is 38.4 Å². The maximum absolute atomic E-state index is 4.50. The number of halogens is 1. The number of hydrogen-bond acceptors (Lipinski definition) is 3. The fourth-order valence-electron chi connectivity index (χ4n) is 2.00. The Balaban J connectivity index is 2.30. The summed E-state index contributed by atoms with van der Waals surface area (Å²) in [6.07, 6.45) is 1.83. The molecule has 0 saturated heterocycles. The van der Waals surface area contributed by atoms with Crippen molar-refractivity contribution in [2.45, 2.75) is 33.5 Å². The van der Waals surface area contributed by atoms with E-state index in [1.165, 1.54) is 5.69 Å². The molecule has 0 aromatic carbocycles. The summed E-state index contributed by atoms with van der Waals surface area (Å²) in [6.45, 7) is 6.53. The zero-order valence-corrected chi connectivity index (χ0v) is 12.5. The van der Waals surface area contributed by atoms with E-state index in [0.717, 1.165) is 35.5 Å². The fraction of sp³-hybridized carbons (Fsp3) is 0.500. The van der Waals surface area contributed by atoms with Gasteiger partial charge in [0.25, 0.3) is 0 Å². The first kappa shape index (κ1) is 13.3. The lowest BCUT2D eigenvalue weighted by Gasteiger charge is -2.09. The van der Waals surface area contributed by atoms with E-state index in [0.29, 0.717) is 0 Å². The average Bonchev–Trinajstić information content (AvgIpc) is 2.90. The molecule has 0 fully saturated rings. The van der Waals surface area contributed by atoms with E-state index in [9.17, 15) is 0 Å². The van der Waals surface area contributed by atoms with E-state index in [1.807, 2.05) is 35.6 Å². The van der Waals surface area contributed by atoms with E-state index in [4.69, 9.17) is 0 Å². The number of aromatic nitrogens is 4. The normalized spacial score (nSPS) is 11.1. The van der Waals surface area contributed by atoms with Gasteiger partial charge in [-0.15, -0.1) is 0 Å². The van der Waals surface area contributed by atoms with Gasteiger partial charge < -0.3 is 5.32 Å². The molecular weight excluding hydrogens is 294 g/mol. The van der Waals surface area contributed by atoms with Gasteiger partial charge in [-0.1, -0.05) is 0 Å². The standard InChI is InChI=1S/C12H18BrN5/c1-4-17-11(12(13)9(2)16-17)8-18-10(7-14-3)5-6-15-18/h5-6,14H,4,7-8H2,1-3H3. The van der Waals surface area contributed by atoms with Crippen molar-refractivity contribution >= 4 is 15.9 Å². The summed E-state index contributed by atoms with van der Waals surface area (Å²) in [5, 5.41) is 12.0. The Morgan fingerprint density at radius 2 is 2.17 bits per heavy atom. The van der Waals surface area contributed by atoms with Crippen LogP contribution in [-0.2, 0) is 19.6 Å². The fourth-order valence-corrected chi connectivity index (χ4v) is 2.40. The molecule has 98 valence electrons. The molecule has 0 bridgehead atoms. The van der Waals surface area contributed by atoms with Crippen molar-refractivity contribution in [3.63, 3.8) is 0 Å². The Hall–Kier alpha value is -1.14. The van der Waals surface area contributed by atoms with Gasteiger partial charge in [0, 0.05) is 19.3 Å². The molecule has 6 heteroatoms. The third-order valence-electron chi connectivity index (χ3n) is 2.91. The summed E-state index contributed by atoms with van der Waals surface area (Å²) in [6, 6.07) is 2.03. The van der Waals surface area contributed by atoms with Gasteiger partial charge in [-0.05, 0) is 42.9 Å². The zero-order valence-electron chi connectivity index (χ0n) is 10.9. The van der Waals surface area contributed by atoms with Crippen LogP contribution in [0.1, 0.15) is 24.0 Å². The summed E-state index contributed by atoms with van der Waals surface area (Å²) in [4.78, 5) is 0. The molecule has 0 saturated carbocycles. The maximum atomic E-state index is 4.50. The number of aryl methyl sites for hydroxylation is 2. The number of nitrogens with zero attached hydrogens (tertiary/aromatic N) is 4. The van der Waals surface area contributed by atoms with Crippen LogP contribution in [-0.4, -0.2) is 26.6 Å². The molecule has 18 heavy (non-hydrogen) atoms. The quantitative estimate of drug-likeness (QED) is 0.918. The Bertz CT molecular complexity index is 529. The van der Waals surface area contributed by atoms with Crippen molar-refractivity contribution in [3.05, 3.63) is 33.8 Å². The molecule has 1 N–H and O–H groups in total. The highest BCUT2D eigenvalue weighted by Gasteiger charge is 2.13. The van der Waals surface area contributed by atoms with Gasteiger partial charge in [0.1, 0.15) is 0 Å². The molecular formula is C12H18BrN5. The van der Waals surface area contributed by atoms with Gasteiger partial charge in [-0.3, -0.25) is 9.36 Å².